The first-order valence-corrected chi connectivity index (χ1v) is 14.7. The number of amides is 3. The van der Waals surface area contributed by atoms with Crippen LogP contribution in [0.15, 0.2) is 128 Å². The molecule has 0 bridgehead atoms. The van der Waals surface area contributed by atoms with Gasteiger partial charge in [-0.3, -0.25) is 4.79 Å². The van der Waals surface area contributed by atoms with Crippen LogP contribution in [0.25, 0.3) is 10.8 Å². The smallest absolute Gasteiger partial charge is 0.323 e. The molecule has 0 saturated heterocycles. The number of benzene rings is 5. The molecular weight excluding hydrogens is 593 g/mol. The predicted octanol–water partition coefficient (Wildman–Crippen LogP) is 9.75. The van der Waals surface area contributed by atoms with E-state index >= 15 is 0 Å². The molecule has 3 N–H and O–H groups in total. The van der Waals surface area contributed by atoms with Gasteiger partial charge in [0.15, 0.2) is 0 Å². The fourth-order valence-corrected chi connectivity index (χ4v) is 5.32. The molecule has 8 heteroatoms. The molecule has 0 aromatic heterocycles. The lowest BCUT2D eigenvalue weighted by Crippen LogP contribution is -2.40. The molecule has 5 rings (SSSR count). The summed E-state index contributed by atoms with van der Waals surface area (Å²) >= 11 is 12.5. The zero-order valence-electron chi connectivity index (χ0n) is 24.2. The molecule has 3 amide bonds. The number of carbonyl (C=O) groups is 2. The number of hydrogen-bond donors (Lipinski definition) is 3. The standard InChI is InChI=1S/C34H29Cl2N3O2.C2H4O/c1-23(19-24-11-4-2-5-12-24)39(22-25-13-6-3-7-14-25)33(40)28-20-26-15-8-9-16-27(26)21-31(28)37-34(41)38-32-29(35)17-10-18-30(32)36;1-2-3/h2-18,20-21,23H,19,22H2,1H3,(H2,37,38,41);2-3H,1H2. The lowest BCUT2D eigenvalue weighted by atomic mass is 10.0. The Morgan fingerprint density at radius 1 is 0.795 bits per heavy atom. The second kappa shape index (κ2) is 15.6. The number of aliphatic hydroxyl groups excluding tert-OH is 1. The lowest BCUT2D eigenvalue weighted by molar-refractivity contribution is 0.0676. The Bertz CT molecular complexity index is 1710. The van der Waals surface area contributed by atoms with Crippen molar-refractivity contribution in [3.8, 4) is 0 Å². The maximum atomic E-state index is 14.4. The highest BCUT2D eigenvalue weighted by molar-refractivity contribution is 6.39. The number of hydrogen-bond acceptors (Lipinski definition) is 3. The van der Waals surface area contributed by atoms with Crippen molar-refractivity contribution >= 4 is 57.3 Å². The minimum Gasteiger partial charge on any atom is -0.516 e. The highest BCUT2D eigenvalue weighted by Crippen LogP contribution is 2.31. The minimum atomic E-state index is -0.559. The predicted molar refractivity (Wildman–Crippen MR) is 182 cm³/mol. The summed E-state index contributed by atoms with van der Waals surface area (Å²) in [5.74, 6) is -0.186. The third-order valence-electron chi connectivity index (χ3n) is 6.93. The van der Waals surface area contributed by atoms with Crippen LogP contribution in [0.2, 0.25) is 10.0 Å². The van der Waals surface area contributed by atoms with E-state index in [4.69, 9.17) is 28.3 Å². The van der Waals surface area contributed by atoms with Gasteiger partial charge in [-0.05, 0) is 59.5 Å². The first kappa shape index (κ1) is 32.1. The Morgan fingerprint density at radius 2 is 1.32 bits per heavy atom. The van der Waals surface area contributed by atoms with E-state index in [2.05, 4.69) is 29.3 Å². The van der Waals surface area contributed by atoms with Gasteiger partial charge in [-0.2, -0.15) is 0 Å². The Labute approximate surface area is 267 Å². The number of para-hydroxylation sites is 1. The second-order valence-electron chi connectivity index (χ2n) is 10.1. The third kappa shape index (κ3) is 8.40. The molecule has 1 atom stereocenters. The molecule has 44 heavy (non-hydrogen) atoms. The monoisotopic (exact) mass is 625 g/mol. The topological polar surface area (TPSA) is 81.7 Å². The van der Waals surface area contributed by atoms with E-state index in [0.29, 0.717) is 39.9 Å². The highest BCUT2D eigenvalue weighted by Gasteiger charge is 2.26. The molecule has 5 aromatic rings. The fraction of sp³-hybridized carbons (Fsp3) is 0.111. The number of nitrogens with zero attached hydrogens (tertiary/aromatic N) is 1. The molecule has 0 fully saturated rings. The number of nitrogens with one attached hydrogen (secondary N) is 2. The minimum absolute atomic E-state index is 0.125. The van der Waals surface area contributed by atoms with E-state index in [-0.39, 0.29) is 11.9 Å². The number of fused-ring (bicyclic) bond motifs is 1. The van der Waals surface area contributed by atoms with E-state index in [1.54, 1.807) is 18.2 Å². The van der Waals surface area contributed by atoms with Crippen LogP contribution in [0.1, 0.15) is 28.4 Å². The van der Waals surface area contributed by atoms with Gasteiger partial charge in [-0.25, -0.2) is 4.79 Å². The first-order valence-electron chi connectivity index (χ1n) is 14.0. The van der Waals surface area contributed by atoms with Gasteiger partial charge < -0.3 is 20.6 Å². The Balaban J connectivity index is 0.00000141. The van der Waals surface area contributed by atoms with E-state index < -0.39 is 6.03 Å². The van der Waals surface area contributed by atoms with Crippen LogP contribution in [-0.4, -0.2) is 28.0 Å². The second-order valence-corrected chi connectivity index (χ2v) is 10.9. The molecule has 0 heterocycles. The van der Waals surface area contributed by atoms with Gasteiger partial charge in [0, 0.05) is 12.6 Å². The van der Waals surface area contributed by atoms with Crippen molar-refractivity contribution in [1.29, 1.82) is 0 Å². The van der Waals surface area contributed by atoms with Crippen LogP contribution >= 0.6 is 23.2 Å². The number of carbonyl (C=O) groups excluding carboxylic acids is 2. The van der Waals surface area contributed by atoms with Crippen molar-refractivity contribution in [2.24, 2.45) is 0 Å². The van der Waals surface area contributed by atoms with Crippen molar-refractivity contribution in [3.63, 3.8) is 0 Å². The molecular formula is C36H33Cl2N3O3. The molecule has 6 nitrogen and oxygen atoms in total. The molecule has 224 valence electrons. The zero-order valence-corrected chi connectivity index (χ0v) is 25.7. The number of anilines is 2. The Hall–Kier alpha value is -4.78. The van der Waals surface area contributed by atoms with Gasteiger partial charge in [0.2, 0.25) is 0 Å². The SMILES string of the molecule is C=CO.CC(Cc1ccccc1)N(Cc1ccccc1)C(=O)c1cc2ccccc2cc1NC(=O)Nc1c(Cl)cccc1Cl. The van der Waals surface area contributed by atoms with Crippen molar-refractivity contribution in [2.45, 2.75) is 25.9 Å². The van der Waals surface area contributed by atoms with Gasteiger partial charge in [0.1, 0.15) is 0 Å². The summed E-state index contributed by atoms with van der Waals surface area (Å²) in [4.78, 5) is 29.4. The van der Waals surface area contributed by atoms with Crippen molar-refractivity contribution < 1.29 is 14.7 Å². The average Bonchev–Trinajstić information content (AvgIpc) is 3.02. The van der Waals surface area contributed by atoms with Gasteiger partial charge in [0.05, 0.1) is 33.2 Å². The summed E-state index contributed by atoms with van der Waals surface area (Å²) in [7, 11) is 0. The van der Waals surface area contributed by atoms with Crippen LogP contribution in [0, 0.1) is 0 Å². The summed E-state index contributed by atoms with van der Waals surface area (Å²) in [6.07, 6.45) is 1.43. The largest absolute Gasteiger partial charge is 0.516 e. The summed E-state index contributed by atoms with van der Waals surface area (Å²) in [5.41, 5.74) is 3.23. The molecule has 5 aromatic carbocycles. The van der Waals surface area contributed by atoms with Crippen LogP contribution in [0.3, 0.4) is 0 Å². The molecule has 0 aliphatic heterocycles. The molecule has 0 aliphatic rings. The highest BCUT2D eigenvalue weighted by atomic mass is 35.5. The van der Waals surface area contributed by atoms with Crippen LogP contribution in [-0.2, 0) is 13.0 Å². The van der Waals surface area contributed by atoms with Gasteiger partial charge in [-0.15, -0.1) is 0 Å². The molecule has 0 saturated carbocycles. The van der Waals surface area contributed by atoms with Crippen molar-refractivity contribution in [2.75, 3.05) is 10.6 Å². The Morgan fingerprint density at radius 3 is 1.91 bits per heavy atom. The molecule has 0 radical (unpaired) electrons. The van der Waals surface area contributed by atoms with Crippen molar-refractivity contribution in [1.82, 2.24) is 4.90 Å². The van der Waals surface area contributed by atoms with Crippen molar-refractivity contribution in [3.05, 3.63) is 155 Å². The number of aliphatic hydroxyl groups is 1. The third-order valence-corrected chi connectivity index (χ3v) is 7.56. The van der Waals surface area contributed by atoms with E-state index in [9.17, 15) is 9.59 Å². The molecule has 0 aliphatic carbocycles. The normalized spacial score (nSPS) is 11.1. The van der Waals surface area contributed by atoms with Gasteiger partial charge >= 0.3 is 6.03 Å². The number of halogens is 2. The van der Waals surface area contributed by atoms with Crippen LogP contribution in [0.5, 0.6) is 0 Å². The first-order chi connectivity index (χ1) is 21.3. The summed E-state index contributed by atoms with van der Waals surface area (Å²) in [6.45, 7) is 5.38. The van der Waals surface area contributed by atoms with E-state index in [1.807, 2.05) is 96.8 Å². The summed E-state index contributed by atoms with van der Waals surface area (Å²) < 4.78 is 0. The Kier molecular flexibility index (Phi) is 11.4. The van der Waals surface area contributed by atoms with E-state index in [0.717, 1.165) is 28.2 Å². The van der Waals surface area contributed by atoms with Crippen LogP contribution in [0.4, 0.5) is 16.2 Å². The average molecular weight is 627 g/mol. The molecule has 1 unspecified atom stereocenters. The maximum Gasteiger partial charge on any atom is 0.323 e. The summed E-state index contributed by atoms with van der Waals surface area (Å²) in [6, 6.07) is 35.7. The summed E-state index contributed by atoms with van der Waals surface area (Å²) in [5, 5.41) is 15.3. The quantitative estimate of drug-likeness (QED) is 0.150. The van der Waals surface area contributed by atoms with E-state index in [1.165, 1.54) is 0 Å². The zero-order chi connectivity index (χ0) is 31.5. The van der Waals surface area contributed by atoms with Gasteiger partial charge in [0.25, 0.3) is 5.91 Å². The maximum absolute atomic E-state index is 14.4. The fourth-order valence-electron chi connectivity index (χ4n) is 4.83. The lowest BCUT2D eigenvalue weighted by Gasteiger charge is -2.31. The number of urea groups is 1. The van der Waals surface area contributed by atoms with Crippen LogP contribution < -0.4 is 10.6 Å². The van der Waals surface area contributed by atoms with Gasteiger partial charge in [-0.1, -0.05) is 121 Å². The molecule has 0 spiro atoms. The number of rotatable bonds is 8.